The summed E-state index contributed by atoms with van der Waals surface area (Å²) >= 11 is 0. The van der Waals surface area contributed by atoms with Crippen molar-refractivity contribution in [1.82, 2.24) is 5.32 Å². The van der Waals surface area contributed by atoms with Crippen molar-refractivity contribution >= 4 is 5.91 Å². The molecule has 0 spiro atoms. The van der Waals surface area contributed by atoms with Gasteiger partial charge in [-0.15, -0.1) is 0 Å². The molecule has 4 heteroatoms. The zero-order chi connectivity index (χ0) is 20.6. The minimum Gasteiger partial charge on any atom is -0.491 e. The maximum absolute atomic E-state index is 12.4. The van der Waals surface area contributed by atoms with E-state index in [-0.39, 0.29) is 12.0 Å². The number of ether oxygens (including phenoxy) is 2. The summed E-state index contributed by atoms with van der Waals surface area (Å²) in [6, 6.07) is 14.4. The third kappa shape index (κ3) is 6.25. The number of hydrogen-bond donors (Lipinski definition) is 1. The fourth-order valence-electron chi connectivity index (χ4n) is 3.76. The Labute approximate surface area is 174 Å². The molecular weight excluding hydrogens is 362 g/mol. The zero-order valence-corrected chi connectivity index (χ0v) is 17.9. The van der Waals surface area contributed by atoms with Crippen LogP contribution in [0, 0.1) is 0 Å². The van der Waals surface area contributed by atoms with Crippen molar-refractivity contribution in [3.05, 3.63) is 59.2 Å². The van der Waals surface area contributed by atoms with Crippen molar-refractivity contribution in [2.75, 3.05) is 6.54 Å². The van der Waals surface area contributed by atoms with Crippen LogP contribution in [0.1, 0.15) is 56.7 Å². The molecule has 2 aromatic carbocycles. The Balaban J connectivity index is 1.41. The smallest absolute Gasteiger partial charge is 0.260 e. The molecule has 1 amide bonds. The first kappa shape index (κ1) is 21.2. The lowest BCUT2D eigenvalue weighted by Crippen LogP contribution is -2.37. The lowest BCUT2D eigenvalue weighted by Gasteiger charge is -2.22. The lowest BCUT2D eigenvalue weighted by atomic mass is 9.91. The highest BCUT2D eigenvalue weighted by Gasteiger charge is 2.19. The molecule has 0 saturated heterocycles. The van der Waals surface area contributed by atoms with Crippen molar-refractivity contribution < 1.29 is 14.3 Å². The van der Waals surface area contributed by atoms with Crippen LogP contribution in [0.3, 0.4) is 0 Å². The van der Waals surface area contributed by atoms with Crippen LogP contribution in [0.5, 0.6) is 11.5 Å². The summed E-state index contributed by atoms with van der Waals surface area (Å²) in [6.45, 7) is 6.51. The molecule has 2 aromatic rings. The molecule has 1 aliphatic carbocycles. The van der Waals surface area contributed by atoms with E-state index in [2.05, 4.69) is 23.5 Å². The lowest BCUT2D eigenvalue weighted by molar-refractivity contribution is -0.127. The van der Waals surface area contributed by atoms with Gasteiger partial charge in [-0.2, -0.15) is 0 Å². The van der Waals surface area contributed by atoms with Crippen molar-refractivity contribution in [2.24, 2.45) is 0 Å². The van der Waals surface area contributed by atoms with E-state index in [1.807, 2.05) is 45.0 Å². The average Bonchev–Trinajstić information content (AvgIpc) is 2.72. The molecule has 0 saturated carbocycles. The van der Waals surface area contributed by atoms with Gasteiger partial charge < -0.3 is 14.8 Å². The Hall–Kier alpha value is -2.49. The molecule has 0 heterocycles. The molecule has 1 atom stereocenters. The molecule has 3 rings (SSSR count). The molecule has 1 aliphatic rings. The quantitative estimate of drug-likeness (QED) is 0.616. The van der Waals surface area contributed by atoms with Gasteiger partial charge in [0.25, 0.3) is 5.91 Å². The molecule has 1 N–H and O–H groups in total. The number of benzene rings is 2. The second-order valence-corrected chi connectivity index (χ2v) is 8.07. The molecule has 156 valence electrons. The van der Waals surface area contributed by atoms with E-state index < -0.39 is 6.10 Å². The van der Waals surface area contributed by atoms with E-state index in [9.17, 15) is 4.79 Å². The van der Waals surface area contributed by atoms with E-state index >= 15 is 0 Å². The molecule has 4 nitrogen and oxygen atoms in total. The van der Waals surface area contributed by atoms with Gasteiger partial charge in [0.05, 0.1) is 6.10 Å². The van der Waals surface area contributed by atoms with Crippen molar-refractivity contribution in [2.45, 2.75) is 71.5 Å². The number of rotatable bonds is 9. The van der Waals surface area contributed by atoms with Crippen LogP contribution in [0.25, 0.3) is 0 Å². The third-order valence-electron chi connectivity index (χ3n) is 5.26. The highest BCUT2D eigenvalue weighted by molar-refractivity contribution is 5.80. The summed E-state index contributed by atoms with van der Waals surface area (Å²) in [4.78, 5) is 12.4. The van der Waals surface area contributed by atoms with Crippen LogP contribution < -0.4 is 14.8 Å². The van der Waals surface area contributed by atoms with E-state index in [0.29, 0.717) is 6.54 Å². The monoisotopic (exact) mass is 395 g/mol. The molecule has 29 heavy (non-hydrogen) atoms. The standard InChI is InChI=1S/C25H33NO3/c1-18(2)28-22-15-13-20(14-16-22)8-7-17-26-25(27)19(3)29-24-12-6-10-21-9-4-5-11-23(21)24/h6,10,12-16,18-19H,4-5,7-9,11,17H2,1-3H3,(H,26,27). The van der Waals surface area contributed by atoms with Gasteiger partial charge in [0, 0.05) is 6.54 Å². The molecule has 0 bridgehead atoms. The normalized spacial score (nSPS) is 14.2. The SMILES string of the molecule is CC(C)Oc1ccc(CCCNC(=O)C(C)Oc2cccc3c2CCCC3)cc1. The Bertz CT molecular complexity index is 798. The highest BCUT2D eigenvalue weighted by atomic mass is 16.5. The van der Waals surface area contributed by atoms with Gasteiger partial charge >= 0.3 is 0 Å². The second kappa shape index (κ2) is 10.3. The fourth-order valence-corrected chi connectivity index (χ4v) is 3.76. The Morgan fingerprint density at radius 2 is 1.76 bits per heavy atom. The number of fused-ring (bicyclic) bond motifs is 1. The van der Waals surface area contributed by atoms with Crippen LogP contribution in [0.4, 0.5) is 0 Å². The van der Waals surface area contributed by atoms with E-state index in [4.69, 9.17) is 9.47 Å². The number of hydrogen-bond acceptors (Lipinski definition) is 3. The number of carbonyl (C=O) groups excluding carboxylic acids is 1. The summed E-state index contributed by atoms with van der Waals surface area (Å²) in [5.74, 6) is 1.71. The second-order valence-electron chi connectivity index (χ2n) is 8.07. The number of aryl methyl sites for hydroxylation is 2. The summed E-state index contributed by atoms with van der Waals surface area (Å²) in [5.41, 5.74) is 3.89. The van der Waals surface area contributed by atoms with Crippen molar-refractivity contribution in [1.29, 1.82) is 0 Å². The fraction of sp³-hybridized carbons (Fsp3) is 0.480. The Morgan fingerprint density at radius 1 is 1.00 bits per heavy atom. The van der Waals surface area contributed by atoms with Gasteiger partial charge in [-0.25, -0.2) is 0 Å². The molecule has 0 fully saturated rings. The Kier molecular flexibility index (Phi) is 7.56. The van der Waals surface area contributed by atoms with E-state index in [1.54, 1.807) is 0 Å². The maximum atomic E-state index is 12.4. The molecule has 0 radical (unpaired) electrons. The first-order valence-electron chi connectivity index (χ1n) is 10.8. The van der Waals surface area contributed by atoms with Gasteiger partial charge in [0.1, 0.15) is 11.5 Å². The first-order chi connectivity index (χ1) is 14.0. The largest absolute Gasteiger partial charge is 0.491 e. The van der Waals surface area contributed by atoms with Crippen LogP contribution >= 0.6 is 0 Å². The average molecular weight is 396 g/mol. The molecule has 0 aromatic heterocycles. The molecule has 1 unspecified atom stereocenters. The summed E-state index contributed by atoms with van der Waals surface area (Å²) < 4.78 is 11.7. The van der Waals surface area contributed by atoms with Crippen LogP contribution in [0.15, 0.2) is 42.5 Å². The summed E-state index contributed by atoms with van der Waals surface area (Å²) in [5, 5.41) is 3.00. The highest BCUT2D eigenvalue weighted by Crippen LogP contribution is 2.30. The van der Waals surface area contributed by atoms with Gasteiger partial charge in [-0.1, -0.05) is 24.3 Å². The number of amides is 1. The number of carbonyl (C=O) groups is 1. The van der Waals surface area contributed by atoms with Gasteiger partial charge in [-0.05, 0) is 94.2 Å². The molecule has 0 aliphatic heterocycles. The topological polar surface area (TPSA) is 47.6 Å². The maximum Gasteiger partial charge on any atom is 0.260 e. The third-order valence-corrected chi connectivity index (χ3v) is 5.26. The van der Waals surface area contributed by atoms with Crippen LogP contribution in [-0.2, 0) is 24.1 Å². The van der Waals surface area contributed by atoms with Crippen molar-refractivity contribution in [3.63, 3.8) is 0 Å². The van der Waals surface area contributed by atoms with Gasteiger partial charge in [-0.3, -0.25) is 4.79 Å². The van der Waals surface area contributed by atoms with Gasteiger partial charge in [0.15, 0.2) is 6.10 Å². The predicted octanol–water partition coefficient (Wildman–Crippen LogP) is 4.87. The van der Waals surface area contributed by atoms with E-state index in [0.717, 1.165) is 37.2 Å². The van der Waals surface area contributed by atoms with Crippen LogP contribution in [-0.4, -0.2) is 24.7 Å². The van der Waals surface area contributed by atoms with Crippen molar-refractivity contribution in [3.8, 4) is 11.5 Å². The van der Waals surface area contributed by atoms with E-state index in [1.165, 1.54) is 29.5 Å². The summed E-state index contributed by atoms with van der Waals surface area (Å²) in [7, 11) is 0. The molecular formula is C25H33NO3. The number of nitrogens with one attached hydrogen (secondary N) is 1. The predicted molar refractivity (Wildman–Crippen MR) is 117 cm³/mol. The van der Waals surface area contributed by atoms with Gasteiger partial charge in [0.2, 0.25) is 0 Å². The summed E-state index contributed by atoms with van der Waals surface area (Å²) in [6.07, 6.45) is 6.09. The zero-order valence-electron chi connectivity index (χ0n) is 17.9. The minimum absolute atomic E-state index is 0.0564. The Morgan fingerprint density at radius 3 is 2.52 bits per heavy atom. The first-order valence-corrected chi connectivity index (χ1v) is 10.8. The van der Waals surface area contributed by atoms with Crippen LogP contribution in [0.2, 0.25) is 0 Å². The minimum atomic E-state index is -0.490.